The Labute approximate surface area is 125 Å². The van der Waals surface area contributed by atoms with Gasteiger partial charge in [0.25, 0.3) is 0 Å². The minimum atomic E-state index is -0.238. The molecule has 0 saturated heterocycles. The van der Waals surface area contributed by atoms with Crippen LogP contribution in [0.15, 0.2) is 18.2 Å². The van der Waals surface area contributed by atoms with Crippen molar-refractivity contribution in [2.45, 2.75) is 50.7 Å². The summed E-state index contributed by atoms with van der Waals surface area (Å²) in [5.41, 5.74) is 0.701. The number of rotatable bonds is 6. The van der Waals surface area contributed by atoms with Gasteiger partial charge in [0.2, 0.25) is 0 Å². The minimum Gasteiger partial charge on any atom is -0.377 e. The molecule has 0 bridgehead atoms. The van der Waals surface area contributed by atoms with Gasteiger partial charge < -0.3 is 10.1 Å². The normalized spacial score (nSPS) is 19.2. The third-order valence-corrected chi connectivity index (χ3v) is 4.74. The van der Waals surface area contributed by atoms with Crippen molar-refractivity contribution in [3.63, 3.8) is 0 Å². The summed E-state index contributed by atoms with van der Waals surface area (Å²) in [4.78, 5) is 0. The first kappa shape index (κ1) is 15.7. The summed E-state index contributed by atoms with van der Waals surface area (Å²) in [6.45, 7) is 2.95. The summed E-state index contributed by atoms with van der Waals surface area (Å²) >= 11 is 6.20. The quantitative estimate of drug-likeness (QED) is 0.858. The van der Waals surface area contributed by atoms with Crippen LogP contribution < -0.4 is 5.32 Å². The number of methoxy groups -OCH3 is 1. The highest BCUT2D eigenvalue weighted by molar-refractivity contribution is 6.31. The summed E-state index contributed by atoms with van der Waals surface area (Å²) in [5, 5.41) is 4.13. The van der Waals surface area contributed by atoms with E-state index < -0.39 is 0 Å². The van der Waals surface area contributed by atoms with Gasteiger partial charge in [0, 0.05) is 18.2 Å². The van der Waals surface area contributed by atoms with E-state index in [-0.39, 0.29) is 17.5 Å². The second kappa shape index (κ2) is 6.88. The van der Waals surface area contributed by atoms with E-state index in [1.54, 1.807) is 13.2 Å². The second-order valence-corrected chi connectivity index (χ2v) is 5.93. The van der Waals surface area contributed by atoms with Crippen LogP contribution in [0.4, 0.5) is 4.39 Å². The molecule has 1 unspecified atom stereocenters. The van der Waals surface area contributed by atoms with Crippen molar-refractivity contribution in [1.29, 1.82) is 0 Å². The molecule has 1 atom stereocenters. The average molecular weight is 300 g/mol. The molecular weight excluding hydrogens is 277 g/mol. The van der Waals surface area contributed by atoms with Crippen molar-refractivity contribution >= 4 is 11.6 Å². The SMILES string of the molecule is CCNC(Cc1cc(F)ccc1Cl)C1(OC)CCCC1. The van der Waals surface area contributed by atoms with Gasteiger partial charge in [-0.05, 0) is 49.6 Å². The minimum absolute atomic E-state index is 0.147. The first-order chi connectivity index (χ1) is 9.61. The monoisotopic (exact) mass is 299 g/mol. The molecule has 20 heavy (non-hydrogen) atoms. The highest BCUT2D eigenvalue weighted by Crippen LogP contribution is 2.37. The van der Waals surface area contributed by atoms with E-state index in [9.17, 15) is 4.39 Å². The number of likely N-dealkylation sites (N-methyl/N-ethyl adjacent to an activating group) is 1. The Hall–Kier alpha value is -0.640. The van der Waals surface area contributed by atoms with Crippen LogP contribution >= 0.6 is 11.6 Å². The lowest BCUT2D eigenvalue weighted by Gasteiger charge is -2.37. The molecule has 1 aromatic carbocycles. The van der Waals surface area contributed by atoms with Gasteiger partial charge in [-0.15, -0.1) is 0 Å². The van der Waals surface area contributed by atoms with Crippen LogP contribution in [0.1, 0.15) is 38.2 Å². The maximum atomic E-state index is 13.4. The van der Waals surface area contributed by atoms with Gasteiger partial charge in [0.15, 0.2) is 0 Å². The Balaban J connectivity index is 2.22. The first-order valence-corrected chi connectivity index (χ1v) is 7.71. The molecule has 2 rings (SSSR count). The van der Waals surface area contributed by atoms with Crippen LogP contribution in [0.3, 0.4) is 0 Å². The predicted octanol–water partition coefficient (Wildman–Crippen LogP) is 3.96. The number of benzene rings is 1. The third-order valence-electron chi connectivity index (χ3n) is 4.37. The Kier molecular flexibility index (Phi) is 5.42. The summed E-state index contributed by atoms with van der Waals surface area (Å²) in [6, 6.07) is 4.73. The molecule has 1 saturated carbocycles. The summed E-state index contributed by atoms with van der Waals surface area (Å²) in [5.74, 6) is -0.238. The van der Waals surface area contributed by atoms with Gasteiger partial charge in [0.05, 0.1) is 5.60 Å². The summed E-state index contributed by atoms with van der Waals surface area (Å²) in [7, 11) is 1.78. The molecule has 1 aliphatic rings. The van der Waals surface area contributed by atoms with Crippen molar-refractivity contribution in [2.24, 2.45) is 0 Å². The maximum Gasteiger partial charge on any atom is 0.123 e. The lowest BCUT2D eigenvalue weighted by atomic mass is 9.87. The predicted molar refractivity (Wildman–Crippen MR) is 80.8 cm³/mol. The van der Waals surface area contributed by atoms with Crippen LogP contribution in [0.5, 0.6) is 0 Å². The lowest BCUT2D eigenvalue weighted by molar-refractivity contribution is -0.0351. The van der Waals surface area contributed by atoms with E-state index in [0.29, 0.717) is 11.4 Å². The standard InChI is InChI=1S/C16H23ClFNO/c1-3-19-15(16(20-2)8-4-5-9-16)11-12-10-13(18)6-7-14(12)17/h6-7,10,15,19H,3-5,8-9,11H2,1-2H3. The zero-order valence-electron chi connectivity index (χ0n) is 12.2. The zero-order valence-corrected chi connectivity index (χ0v) is 13.0. The van der Waals surface area contributed by atoms with E-state index in [1.165, 1.54) is 25.0 Å². The molecule has 0 spiro atoms. The van der Waals surface area contributed by atoms with E-state index in [4.69, 9.17) is 16.3 Å². The van der Waals surface area contributed by atoms with Crippen molar-refractivity contribution in [3.05, 3.63) is 34.6 Å². The molecule has 0 amide bonds. The zero-order chi connectivity index (χ0) is 14.6. The van der Waals surface area contributed by atoms with Crippen LogP contribution in [-0.2, 0) is 11.2 Å². The molecule has 1 aromatic rings. The Morgan fingerprint density at radius 2 is 2.10 bits per heavy atom. The van der Waals surface area contributed by atoms with E-state index >= 15 is 0 Å². The van der Waals surface area contributed by atoms with E-state index in [2.05, 4.69) is 12.2 Å². The van der Waals surface area contributed by atoms with Crippen LogP contribution in [0.25, 0.3) is 0 Å². The smallest absolute Gasteiger partial charge is 0.123 e. The largest absolute Gasteiger partial charge is 0.377 e. The summed E-state index contributed by atoms with van der Waals surface area (Å²) in [6.07, 6.45) is 5.17. The van der Waals surface area contributed by atoms with Gasteiger partial charge in [0.1, 0.15) is 5.82 Å². The molecular formula is C16H23ClFNO. The highest BCUT2D eigenvalue weighted by Gasteiger charge is 2.41. The van der Waals surface area contributed by atoms with Crippen molar-refractivity contribution in [1.82, 2.24) is 5.32 Å². The van der Waals surface area contributed by atoms with E-state index in [0.717, 1.165) is 24.9 Å². The number of ether oxygens (including phenoxy) is 1. The molecule has 0 aromatic heterocycles. The summed E-state index contributed by atoms with van der Waals surface area (Å²) < 4.78 is 19.3. The van der Waals surface area contributed by atoms with Gasteiger partial charge in [-0.1, -0.05) is 31.4 Å². The van der Waals surface area contributed by atoms with Gasteiger partial charge >= 0.3 is 0 Å². The Morgan fingerprint density at radius 1 is 1.40 bits per heavy atom. The maximum absolute atomic E-state index is 13.4. The Bertz CT molecular complexity index is 446. The molecule has 1 aliphatic carbocycles. The molecule has 0 aliphatic heterocycles. The van der Waals surface area contributed by atoms with Crippen LogP contribution in [0, 0.1) is 5.82 Å². The number of hydrogen-bond acceptors (Lipinski definition) is 2. The van der Waals surface area contributed by atoms with Crippen LogP contribution in [0.2, 0.25) is 5.02 Å². The Morgan fingerprint density at radius 3 is 2.70 bits per heavy atom. The fraction of sp³-hybridized carbons (Fsp3) is 0.625. The molecule has 1 N–H and O–H groups in total. The number of nitrogens with one attached hydrogen (secondary N) is 1. The van der Waals surface area contributed by atoms with E-state index in [1.807, 2.05) is 0 Å². The van der Waals surface area contributed by atoms with Gasteiger partial charge in [-0.2, -0.15) is 0 Å². The van der Waals surface area contributed by atoms with Crippen molar-refractivity contribution in [2.75, 3.05) is 13.7 Å². The fourth-order valence-corrected chi connectivity index (χ4v) is 3.47. The second-order valence-electron chi connectivity index (χ2n) is 5.53. The van der Waals surface area contributed by atoms with Crippen molar-refractivity contribution < 1.29 is 9.13 Å². The average Bonchev–Trinajstić information content (AvgIpc) is 2.92. The molecule has 1 fully saturated rings. The topological polar surface area (TPSA) is 21.3 Å². The van der Waals surface area contributed by atoms with Gasteiger partial charge in [-0.3, -0.25) is 0 Å². The number of halogens is 2. The molecule has 112 valence electrons. The molecule has 2 nitrogen and oxygen atoms in total. The van der Waals surface area contributed by atoms with Crippen molar-refractivity contribution in [3.8, 4) is 0 Å². The number of hydrogen-bond donors (Lipinski definition) is 1. The van der Waals surface area contributed by atoms with Crippen LogP contribution in [-0.4, -0.2) is 25.3 Å². The molecule has 4 heteroatoms. The highest BCUT2D eigenvalue weighted by atomic mass is 35.5. The fourth-order valence-electron chi connectivity index (χ4n) is 3.28. The first-order valence-electron chi connectivity index (χ1n) is 7.34. The molecule has 0 heterocycles. The lowest BCUT2D eigenvalue weighted by Crippen LogP contribution is -2.51. The van der Waals surface area contributed by atoms with Gasteiger partial charge in [-0.25, -0.2) is 4.39 Å². The molecule has 0 radical (unpaired) electrons. The third kappa shape index (κ3) is 3.33.